The highest BCUT2D eigenvalue weighted by molar-refractivity contribution is 5.57. The van der Waals surface area contributed by atoms with Crippen LogP contribution in [0, 0.1) is 11.8 Å². The highest BCUT2D eigenvalue weighted by Crippen LogP contribution is 2.44. The highest BCUT2D eigenvalue weighted by Gasteiger charge is 2.54. The van der Waals surface area contributed by atoms with E-state index in [1.807, 2.05) is 6.07 Å². The van der Waals surface area contributed by atoms with E-state index in [1.54, 1.807) is 7.11 Å². The lowest BCUT2D eigenvalue weighted by atomic mass is 9.66. The Hall–Kier alpha value is -1.50. The standard InChI is InChI=1S/C20H28N2O4/c1-23-11-16-19(15-6-9-24-20(15)16)21-13-4-7-22(8-5-13)14-2-3-17-18(10-14)26-12-25-17/h2-3,10,13,15-16,19-21H,4-9,11-12H2,1H3/t15-,16+,19-,20-/m0/s1. The van der Waals surface area contributed by atoms with E-state index in [2.05, 4.69) is 22.3 Å². The number of fused-ring (bicyclic) bond motifs is 2. The number of hydrogen-bond acceptors (Lipinski definition) is 6. The Kier molecular flexibility index (Phi) is 4.43. The highest BCUT2D eigenvalue weighted by atomic mass is 16.7. The molecule has 1 saturated carbocycles. The van der Waals surface area contributed by atoms with Crippen molar-refractivity contribution in [2.45, 2.75) is 37.5 Å². The molecule has 6 nitrogen and oxygen atoms in total. The maximum atomic E-state index is 5.90. The zero-order valence-electron chi connectivity index (χ0n) is 15.4. The Bertz CT molecular complexity index is 647. The van der Waals surface area contributed by atoms with Crippen LogP contribution in [0.5, 0.6) is 11.5 Å². The van der Waals surface area contributed by atoms with Gasteiger partial charge in [0.05, 0.1) is 12.7 Å². The van der Waals surface area contributed by atoms with Gasteiger partial charge >= 0.3 is 0 Å². The Morgan fingerprint density at radius 1 is 1.15 bits per heavy atom. The van der Waals surface area contributed by atoms with Gasteiger partial charge in [0.15, 0.2) is 11.5 Å². The van der Waals surface area contributed by atoms with Gasteiger partial charge in [-0.05, 0) is 31.4 Å². The summed E-state index contributed by atoms with van der Waals surface area (Å²) in [6.45, 7) is 4.19. The van der Waals surface area contributed by atoms with E-state index >= 15 is 0 Å². The Morgan fingerprint density at radius 3 is 2.85 bits per heavy atom. The van der Waals surface area contributed by atoms with E-state index < -0.39 is 0 Å². The van der Waals surface area contributed by atoms with E-state index in [9.17, 15) is 0 Å². The number of piperidine rings is 1. The Balaban J connectivity index is 1.17. The summed E-state index contributed by atoms with van der Waals surface area (Å²) in [5.74, 6) is 2.92. The number of anilines is 1. The van der Waals surface area contributed by atoms with Gasteiger partial charge in [-0.15, -0.1) is 0 Å². The fraction of sp³-hybridized carbons (Fsp3) is 0.700. The summed E-state index contributed by atoms with van der Waals surface area (Å²) < 4.78 is 22.3. The van der Waals surface area contributed by atoms with Gasteiger partial charge in [0, 0.05) is 62.5 Å². The molecule has 4 aliphatic rings. The molecule has 0 aromatic heterocycles. The van der Waals surface area contributed by atoms with Gasteiger partial charge in [-0.25, -0.2) is 0 Å². The molecule has 5 rings (SSSR count). The minimum Gasteiger partial charge on any atom is -0.454 e. The first-order valence-electron chi connectivity index (χ1n) is 9.84. The molecule has 0 amide bonds. The first kappa shape index (κ1) is 16.7. The fourth-order valence-corrected chi connectivity index (χ4v) is 5.13. The molecule has 26 heavy (non-hydrogen) atoms. The van der Waals surface area contributed by atoms with Crippen molar-refractivity contribution in [1.29, 1.82) is 0 Å². The largest absolute Gasteiger partial charge is 0.454 e. The van der Waals surface area contributed by atoms with E-state index in [4.69, 9.17) is 18.9 Å². The minimum absolute atomic E-state index is 0.334. The number of methoxy groups -OCH3 is 1. The smallest absolute Gasteiger partial charge is 0.231 e. The predicted molar refractivity (Wildman–Crippen MR) is 97.9 cm³/mol. The van der Waals surface area contributed by atoms with Crippen LogP contribution in [-0.4, -0.2) is 58.4 Å². The summed E-state index contributed by atoms with van der Waals surface area (Å²) in [4.78, 5) is 2.45. The molecule has 1 N–H and O–H groups in total. The first-order chi connectivity index (χ1) is 12.8. The molecule has 6 heteroatoms. The van der Waals surface area contributed by atoms with Crippen LogP contribution in [0.1, 0.15) is 19.3 Å². The number of nitrogens with one attached hydrogen (secondary N) is 1. The molecule has 2 saturated heterocycles. The van der Waals surface area contributed by atoms with Crippen LogP contribution in [0.4, 0.5) is 5.69 Å². The van der Waals surface area contributed by atoms with Crippen molar-refractivity contribution in [1.82, 2.24) is 5.32 Å². The maximum Gasteiger partial charge on any atom is 0.231 e. The first-order valence-corrected chi connectivity index (χ1v) is 9.84. The lowest BCUT2D eigenvalue weighted by Crippen LogP contribution is -2.64. The van der Waals surface area contributed by atoms with Gasteiger partial charge in [-0.2, -0.15) is 0 Å². The van der Waals surface area contributed by atoms with E-state index in [0.29, 0.717) is 36.8 Å². The van der Waals surface area contributed by atoms with Crippen molar-refractivity contribution >= 4 is 5.69 Å². The molecule has 3 aliphatic heterocycles. The second-order valence-electron chi connectivity index (χ2n) is 7.90. The average molecular weight is 360 g/mol. The summed E-state index contributed by atoms with van der Waals surface area (Å²) in [6, 6.07) is 7.42. The van der Waals surface area contributed by atoms with Crippen molar-refractivity contribution in [3.63, 3.8) is 0 Å². The average Bonchev–Trinajstić information content (AvgIpc) is 3.31. The second-order valence-corrected chi connectivity index (χ2v) is 7.90. The lowest BCUT2D eigenvalue weighted by Gasteiger charge is -2.50. The van der Waals surface area contributed by atoms with Crippen LogP contribution < -0.4 is 19.7 Å². The minimum atomic E-state index is 0.334. The van der Waals surface area contributed by atoms with Crippen molar-refractivity contribution < 1.29 is 18.9 Å². The lowest BCUT2D eigenvalue weighted by molar-refractivity contribution is -0.0873. The van der Waals surface area contributed by atoms with Crippen molar-refractivity contribution in [3.8, 4) is 11.5 Å². The van der Waals surface area contributed by atoms with Gasteiger partial charge in [0.25, 0.3) is 0 Å². The molecule has 3 heterocycles. The molecule has 0 radical (unpaired) electrons. The predicted octanol–water partition coefficient (Wildman–Crippen LogP) is 2.02. The molecule has 4 atom stereocenters. The number of nitrogens with zero attached hydrogens (tertiary/aromatic N) is 1. The molecular weight excluding hydrogens is 332 g/mol. The Morgan fingerprint density at radius 2 is 2.00 bits per heavy atom. The third-order valence-corrected chi connectivity index (χ3v) is 6.53. The van der Waals surface area contributed by atoms with Gasteiger partial charge in [-0.3, -0.25) is 0 Å². The van der Waals surface area contributed by atoms with Crippen molar-refractivity contribution in [3.05, 3.63) is 18.2 Å². The molecule has 1 aliphatic carbocycles. The van der Waals surface area contributed by atoms with Gasteiger partial charge in [0.2, 0.25) is 6.79 Å². The van der Waals surface area contributed by atoms with E-state index in [1.165, 1.54) is 24.9 Å². The summed E-state index contributed by atoms with van der Waals surface area (Å²) in [6.07, 6.45) is 3.95. The molecule has 0 spiro atoms. The SMILES string of the molecule is COC[C@@H]1[C@@H](NC2CCN(c3ccc4c(c3)OCO4)CC2)[C@@H]2CCO[C@H]12. The zero-order valence-corrected chi connectivity index (χ0v) is 15.4. The topological polar surface area (TPSA) is 52.2 Å². The third kappa shape index (κ3) is 2.84. The molecular formula is C20H28N2O4. The van der Waals surface area contributed by atoms with Crippen LogP contribution >= 0.6 is 0 Å². The van der Waals surface area contributed by atoms with Gasteiger partial charge in [-0.1, -0.05) is 0 Å². The summed E-state index contributed by atoms with van der Waals surface area (Å²) in [7, 11) is 1.79. The quantitative estimate of drug-likeness (QED) is 0.867. The summed E-state index contributed by atoms with van der Waals surface area (Å²) in [5.41, 5.74) is 1.23. The zero-order chi connectivity index (χ0) is 17.5. The normalized spacial score (nSPS) is 33.2. The van der Waals surface area contributed by atoms with Crippen molar-refractivity contribution in [2.24, 2.45) is 11.8 Å². The Labute approximate surface area is 154 Å². The number of hydrogen-bond donors (Lipinski definition) is 1. The second kappa shape index (κ2) is 6.91. The van der Waals surface area contributed by atoms with E-state index in [0.717, 1.165) is 37.8 Å². The van der Waals surface area contributed by atoms with Gasteiger partial charge in [0.1, 0.15) is 0 Å². The fourth-order valence-electron chi connectivity index (χ4n) is 5.13. The molecule has 0 bridgehead atoms. The summed E-state index contributed by atoms with van der Waals surface area (Å²) in [5, 5.41) is 3.94. The number of ether oxygens (including phenoxy) is 4. The monoisotopic (exact) mass is 360 g/mol. The van der Waals surface area contributed by atoms with Crippen molar-refractivity contribution in [2.75, 3.05) is 45.1 Å². The molecule has 1 aromatic carbocycles. The van der Waals surface area contributed by atoms with Crippen LogP contribution in [-0.2, 0) is 9.47 Å². The number of rotatable bonds is 5. The maximum absolute atomic E-state index is 5.90. The molecule has 3 fully saturated rings. The molecule has 0 unspecified atom stereocenters. The molecule has 1 aromatic rings. The summed E-state index contributed by atoms with van der Waals surface area (Å²) >= 11 is 0. The molecule has 142 valence electrons. The van der Waals surface area contributed by atoms with Crippen LogP contribution in [0.25, 0.3) is 0 Å². The van der Waals surface area contributed by atoms with Crippen LogP contribution in [0.15, 0.2) is 18.2 Å². The third-order valence-electron chi connectivity index (χ3n) is 6.53. The van der Waals surface area contributed by atoms with E-state index in [-0.39, 0.29) is 0 Å². The van der Waals surface area contributed by atoms with Crippen LogP contribution in [0.3, 0.4) is 0 Å². The van der Waals surface area contributed by atoms with Gasteiger partial charge < -0.3 is 29.2 Å². The van der Waals surface area contributed by atoms with Crippen LogP contribution in [0.2, 0.25) is 0 Å². The number of benzene rings is 1.